The Labute approximate surface area is 130 Å². The molecule has 1 atom stereocenters. The highest BCUT2D eigenvalue weighted by Gasteiger charge is 2.40. The topological polar surface area (TPSA) is 41.3 Å². The molecule has 21 heavy (non-hydrogen) atoms. The fraction of sp³-hybridized carbons (Fsp3) is 0.667. The zero-order valence-corrected chi connectivity index (χ0v) is 14.7. The van der Waals surface area contributed by atoms with Crippen molar-refractivity contribution in [3.8, 4) is 0 Å². The lowest BCUT2D eigenvalue weighted by atomic mass is 9.78. The number of nitrogens with two attached hydrogens (primary N) is 1. The molecule has 1 aromatic rings. The molecule has 0 radical (unpaired) electrons. The standard InChI is InChI=1S/C18H33N3/c1-7-18(8-2,21(9-3)10-4)17(20-19)16-12-14(5)11-15(6)13-16/h11-13,17,20H,7-10,19H2,1-6H3. The number of hydrogen-bond donors (Lipinski definition) is 2. The maximum atomic E-state index is 6.01. The molecule has 3 nitrogen and oxygen atoms in total. The van der Waals surface area contributed by atoms with Crippen LogP contribution in [0.25, 0.3) is 0 Å². The van der Waals surface area contributed by atoms with E-state index in [1.54, 1.807) is 0 Å². The van der Waals surface area contributed by atoms with Crippen molar-refractivity contribution in [2.75, 3.05) is 13.1 Å². The predicted octanol–water partition coefficient (Wildman–Crippen LogP) is 3.71. The molecule has 1 rings (SSSR count). The summed E-state index contributed by atoms with van der Waals surface area (Å²) >= 11 is 0. The van der Waals surface area contributed by atoms with E-state index in [4.69, 9.17) is 5.84 Å². The first-order chi connectivity index (χ1) is 9.98. The van der Waals surface area contributed by atoms with Gasteiger partial charge in [0.25, 0.3) is 0 Å². The van der Waals surface area contributed by atoms with Crippen molar-refractivity contribution in [3.63, 3.8) is 0 Å². The van der Waals surface area contributed by atoms with Gasteiger partial charge in [0.15, 0.2) is 0 Å². The first-order valence-electron chi connectivity index (χ1n) is 8.28. The predicted molar refractivity (Wildman–Crippen MR) is 92.2 cm³/mol. The zero-order valence-electron chi connectivity index (χ0n) is 14.7. The van der Waals surface area contributed by atoms with E-state index in [-0.39, 0.29) is 11.6 Å². The van der Waals surface area contributed by atoms with Gasteiger partial charge in [-0.1, -0.05) is 57.0 Å². The molecule has 0 bridgehead atoms. The Balaban J connectivity index is 3.36. The summed E-state index contributed by atoms with van der Waals surface area (Å²) in [5, 5.41) is 0. The van der Waals surface area contributed by atoms with E-state index in [2.05, 4.69) is 70.1 Å². The molecule has 0 saturated heterocycles. The van der Waals surface area contributed by atoms with Crippen LogP contribution in [0, 0.1) is 13.8 Å². The summed E-state index contributed by atoms with van der Waals surface area (Å²) in [6, 6.07) is 6.89. The van der Waals surface area contributed by atoms with Gasteiger partial charge in [-0.05, 0) is 45.3 Å². The Kier molecular flexibility index (Phi) is 6.85. The van der Waals surface area contributed by atoms with Gasteiger partial charge < -0.3 is 0 Å². The van der Waals surface area contributed by atoms with Crippen LogP contribution >= 0.6 is 0 Å². The van der Waals surface area contributed by atoms with Gasteiger partial charge in [0.2, 0.25) is 0 Å². The monoisotopic (exact) mass is 291 g/mol. The molecule has 0 fully saturated rings. The maximum Gasteiger partial charge on any atom is 0.0643 e. The number of nitrogens with zero attached hydrogens (tertiary/aromatic N) is 1. The number of rotatable bonds is 8. The molecule has 1 unspecified atom stereocenters. The fourth-order valence-corrected chi connectivity index (χ4v) is 3.88. The van der Waals surface area contributed by atoms with Crippen molar-refractivity contribution in [1.82, 2.24) is 10.3 Å². The van der Waals surface area contributed by atoms with Gasteiger partial charge >= 0.3 is 0 Å². The van der Waals surface area contributed by atoms with E-state index >= 15 is 0 Å². The summed E-state index contributed by atoms with van der Waals surface area (Å²) in [5.41, 5.74) is 7.07. The second-order valence-corrected chi connectivity index (χ2v) is 6.00. The van der Waals surface area contributed by atoms with E-state index in [0.717, 1.165) is 25.9 Å². The molecule has 0 aliphatic rings. The Hall–Kier alpha value is -0.900. The lowest BCUT2D eigenvalue weighted by Gasteiger charge is -2.48. The Morgan fingerprint density at radius 3 is 1.81 bits per heavy atom. The summed E-state index contributed by atoms with van der Waals surface area (Å²) in [6.07, 6.45) is 2.15. The fourth-order valence-electron chi connectivity index (χ4n) is 3.88. The van der Waals surface area contributed by atoms with Crippen LogP contribution in [0.4, 0.5) is 0 Å². The third kappa shape index (κ3) is 3.65. The normalized spacial score (nSPS) is 13.7. The van der Waals surface area contributed by atoms with Gasteiger partial charge in [-0.15, -0.1) is 0 Å². The summed E-state index contributed by atoms with van der Waals surface area (Å²) in [5.74, 6) is 6.01. The summed E-state index contributed by atoms with van der Waals surface area (Å²) in [6.45, 7) is 15.4. The van der Waals surface area contributed by atoms with E-state index in [9.17, 15) is 0 Å². The highest BCUT2D eigenvalue weighted by Crippen LogP contribution is 2.37. The van der Waals surface area contributed by atoms with Gasteiger partial charge in [0, 0.05) is 5.54 Å². The second-order valence-electron chi connectivity index (χ2n) is 6.00. The number of hydrazine groups is 1. The van der Waals surface area contributed by atoms with E-state index in [1.807, 2.05) is 0 Å². The molecule has 1 aromatic carbocycles. The number of hydrogen-bond acceptors (Lipinski definition) is 3. The SMILES string of the molecule is CCN(CC)C(CC)(CC)C(NN)c1cc(C)cc(C)c1. The molecule has 0 aromatic heterocycles. The minimum absolute atomic E-state index is 0.0541. The van der Waals surface area contributed by atoms with Crippen LogP contribution < -0.4 is 11.3 Å². The summed E-state index contributed by atoms with van der Waals surface area (Å²) < 4.78 is 0. The first kappa shape index (κ1) is 18.1. The molecule has 0 saturated carbocycles. The molecule has 0 spiro atoms. The number of nitrogens with one attached hydrogen (secondary N) is 1. The number of aryl methyl sites for hydroxylation is 2. The average Bonchev–Trinajstić information content (AvgIpc) is 2.46. The van der Waals surface area contributed by atoms with Gasteiger partial charge in [-0.2, -0.15) is 0 Å². The number of likely N-dealkylation sites (N-methyl/N-ethyl adjacent to an activating group) is 1. The third-order valence-corrected chi connectivity index (χ3v) is 4.90. The lowest BCUT2D eigenvalue weighted by Crippen LogP contribution is -2.57. The van der Waals surface area contributed by atoms with Gasteiger partial charge in [0.05, 0.1) is 6.04 Å². The molecule has 3 N–H and O–H groups in total. The smallest absolute Gasteiger partial charge is 0.0643 e. The largest absolute Gasteiger partial charge is 0.296 e. The van der Waals surface area contributed by atoms with Crippen LogP contribution in [0.15, 0.2) is 18.2 Å². The molecular formula is C18H33N3. The minimum atomic E-state index is 0.0541. The van der Waals surface area contributed by atoms with Crippen LogP contribution in [-0.2, 0) is 0 Å². The van der Waals surface area contributed by atoms with Gasteiger partial charge in [-0.3, -0.25) is 16.2 Å². The van der Waals surface area contributed by atoms with Crippen LogP contribution in [0.2, 0.25) is 0 Å². The number of benzene rings is 1. The Morgan fingerprint density at radius 1 is 1.00 bits per heavy atom. The average molecular weight is 291 g/mol. The molecular weight excluding hydrogens is 258 g/mol. The van der Waals surface area contributed by atoms with Crippen LogP contribution in [0.3, 0.4) is 0 Å². The van der Waals surface area contributed by atoms with Crippen molar-refractivity contribution in [1.29, 1.82) is 0 Å². The Bertz CT molecular complexity index is 414. The van der Waals surface area contributed by atoms with E-state index < -0.39 is 0 Å². The molecule has 0 aliphatic carbocycles. The maximum absolute atomic E-state index is 6.01. The quantitative estimate of drug-likeness (QED) is 0.567. The van der Waals surface area contributed by atoms with Gasteiger partial charge in [-0.25, -0.2) is 0 Å². The van der Waals surface area contributed by atoms with Crippen molar-refractivity contribution >= 4 is 0 Å². The third-order valence-electron chi connectivity index (χ3n) is 4.90. The van der Waals surface area contributed by atoms with E-state index in [0.29, 0.717) is 0 Å². The van der Waals surface area contributed by atoms with Crippen molar-refractivity contribution in [2.24, 2.45) is 5.84 Å². The van der Waals surface area contributed by atoms with Crippen LogP contribution in [0.5, 0.6) is 0 Å². The summed E-state index contributed by atoms with van der Waals surface area (Å²) in [7, 11) is 0. The molecule has 0 aliphatic heterocycles. The van der Waals surface area contributed by atoms with Crippen molar-refractivity contribution in [2.45, 2.75) is 66.0 Å². The van der Waals surface area contributed by atoms with Crippen molar-refractivity contribution in [3.05, 3.63) is 34.9 Å². The van der Waals surface area contributed by atoms with Gasteiger partial charge in [0.1, 0.15) is 0 Å². The molecule has 120 valence electrons. The highest BCUT2D eigenvalue weighted by molar-refractivity contribution is 5.32. The second kappa shape index (κ2) is 7.92. The Morgan fingerprint density at radius 2 is 1.48 bits per heavy atom. The van der Waals surface area contributed by atoms with E-state index in [1.165, 1.54) is 16.7 Å². The van der Waals surface area contributed by atoms with Crippen LogP contribution in [0.1, 0.15) is 63.3 Å². The summed E-state index contributed by atoms with van der Waals surface area (Å²) in [4.78, 5) is 2.55. The van der Waals surface area contributed by atoms with Crippen molar-refractivity contribution < 1.29 is 0 Å². The lowest BCUT2D eigenvalue weighted by molar-refractivity contribution is 0.0487. The first-order valence-corrected chi connectivity index (χ1v) is 8.28. The molecule has 3 heteroatoms. The zero-order chi connectivity index (χ0) is 16.0. The molecule has 0 amide bonds. The minimum Gasteiger partial charge on any atom is -0.296 e. The molecule has 0 heterocycles. The van der Waals surface area contributed by atoms with Crippen LogP contribution in [-0.4, -0.2) is 23.5 Å². The highest BCUT2D eigenvalue weighted by atomic mass is 15.3.